The van der Waals surface area contributed by atoms with Gasteiger partial charge >= 0.3 is 6.18 Å². The standard InChI is InChI=1S/C20H22F3N/c1-3-18-12-16(13-24(18)19-10-4-14(2)5-11-19)15-6-8-17(9-7-15)20(21,22)23/h4-11,16,18H,3,12-13H2,1-2H3. The summed E-state index contributed by atoms with van der Waals surface area (Å²) in [5.41, 5.74) is 2.84. The van der Waals surface area contributed by atoms with Gasteiger partial charge in [-0.1, -0.05) is 36.8 Å². The highest BCUT2D eigenvalue weighted by atomic mass is 19.4. The Kier molecular flexibility index (Phi) is 4.57. The SMILES string of the molecule is CCC1CC(c2ccc(C(F)(F)F)cc2)CN1c1ccc(C)cc1. The maximum absolute atomic E-state index is 12.7. The van der Waals surface area contributed by atoms with Crippen molar-refractivity contribution in [3.05, 3.63) is 65.2 Å². The first kappa shape index (κ1) is 16.9. The van der Waals surface area contributed by atoms with Crippen molar-refractivity contribution in [1.82, 2.24) is 0 Å². The Labute approximate surface area is 141 Å². The minimum absolute atomic E-state index is 0.276. The van der Waals surface area contributed by atoms with E-state index in [0.717, 1.165) is 24.9 Å². The van der Waals surface area contributed by atoms with Gasteiger partial charge in [0.1, 0.15) is 0 Å². The summed E-state index contributed by atoms with van der Waals surface area (Å²) < 4.78 is 38.2. The van der Waals surface area contributed by atoms with Crippen LogP contribution in [0.1, 0.15) is 42.4 Å². The molecule has 24 heavy (non-hydrogen) atoms. The second kappa shape index (κ2) is 6.50. The van der Waals surface area contributed by atoms with Crippen LogP contribution in [-0.2, 0) is 6.18 Å². The van der Waals surface area contributed by atoms with Crippen LogP contribution >= 0.6 is 0 Å². The molecule has 1 saturated heterocycles. The highest BCUT2D eigenvalue weighted by Gasteiger charge is 2.33. The minimum Gasteiger partial charge on any atom is -0.368 e. The maximum atomic E-state index is 12.7. The number of rotatable bonds is 3. The number of hydrogen-bond acceptors (Lipinski definition) is 1. The van der Waals surface area contributed by atoms with Gasteiger partial charge in [0.25, 0.3) is 0 Å². The van der Waals surface area contributed by atoms with E-state index < -0.39 is 11.7 Å². The second-order valence-electron chi connectivity index (χ2n) is 6.60. The van der Waals surface area contributed by atoms with E-state index in [1.54, 1.807) is 12.1 Å². The molecule has 1 heterocycles. The Balaban J connectivity index is 1.80. The fraction of sp³-hybridized carbons (Fsp3) is 0.400. The lowest BCUT2D eigenvalue weighted by Crippen LogP contribution is -2.28. The van der Waals surface area contributed by atoms with Gasteiger partial charge in [0.05, 0.1) is 5.56 Å². The van der Waals surface area contributed by atoms with E-state index in [1.807, 2.05) is 0 Å². The topological polar surface area (TPSA) is 3.24 Å². The van der Waals surface area contributed by atoms with Crippen LogP contribution in [0.5, 0.6) is 0 Å². The van der Waals surface area contributed by atoms with Gasteiger partial charge in [0, 0.05) is 24.2 Å². The molecule has 0 saturated carbocycles. The number of anilines is 1. The van der Waals surface area contributed by atoms with E-state index in [9.17, 15) is 13.2 Å². The van der Waals surface area contributed by atoms with E-state index in [1.165, 1.54) is 23.4 Å². The Morgan fingerprint density at radius 2 is 1.62 bits per heavy atom. The normalized spacial score (nSPS) is 21.3. The van der Waals surface area contributed by atoms with Crippen LogP contribution in [0.2, 0.25) is 0 Å². The lowest BCUT2D eigenvalue weighted by atomic mass is 9.95. The molecule has 2 unspecified atom stereocenters. The summed E-state index contributed by atoms with van der Waals surface area (Å²) in [6, 6.07) is 14.6. The van der Waals surface area contributed by atoms with Crippen LogP contribution in [-0.4, -0.2) is 12.6 Å². The average molecular weight is 333 g/mol. The highest BCUT2D eigenvalue weighted by molar-refractivity contribution is 5.51. The molecule has 0 aliphatic carbocycles. The number of halogens is 3. The molecule has 4 heteroatoms. The van der Waals surface area contributed by atoms with Gasteiger partial charge in [-0.05, 0) is 49.6 Å². The summed E-state index contributed by atoms with van der Waals surface area (Å²) in [4.78, 5) is 2.39. The number of aryl methyl sites for hydroxylation is 1. The number of benzene rings is 2. The van der Waals surface area contributed by atoms with E-state index in [2.05, 4.69) is 43.0 Å². The molecule has 0 aromatic heterocycles. The summed E-state index contributed by atoms with van der Waals surface area (Å²) in [6.07, 6.45) is -2.26. The van der Waals surface area contributed by atoms with Crippen LogP contribution in [0.15, 0.2) is 48.5 Å². The average Bonchev–Trinajstić information content (AvgIpc) is 2.99. The van der Waals surface area contributed by atoms with Crippen molar-refractivity contribution in [2.75, 3.05) is 11.4 Å². The third-order valence-corrected chi connectivity index (χ3v) is 4.96. The van der Waals surface area contributed by atoms with Gasteiger partial charge in [-0.15, -0.1) is 0 Å². The van der Waals surface area contributed by atoms with E-state index in [4.69, 9.17) is 0 Å². The van der Waals surface area contributed by atoms with E-state index in [-0.39, 0.29) is 5.92 Å². The molecule has 0 bridgehead atoms. The summed E-state index contributed by atoms with van der Waals surface area (Å²) in [7, 11) is 0. The molecule has 1 aliphatic rings. The molecule has 1 fully saturated rings. The summed E-state index contributed by atoms with van der Waals surface area (Å²) in [6.45, 7) is 5.09. The number of hydrogen-bond donors (Lipinski definition) is 0. The lowest BCUT2D eigenvalue weighted by molar-refractivity contribution is -0.137. The van der Waals surface area contributed by atoms with Crippen molar-refractivity contribution in [2.24, 2.45) is 0 Å². The molecular weight excluding hydrogens is 311 g/mol. The molecule has 2 aromatic carbocycles. The predicted molar refractivity (Wildman–Crippen MR) is 91.4 cm³/mol. The predicted octanol–water partition coefficient (Wildman–Crippen LogP) is 5.79. The lowest BCUT2D eigenvalue weighted by Gasteiger charge is -2.26. The molecule has 1 aliphatic heterocycles. The zero-order chi connectivity index (χ0) is 17.3. The number of alkyl halides is 3. The molecular formula is C20H22F3N. The zero-order valence-electron chi connectivity index (χ0n) is 14.0. The fourth-order valence-electron chi connectivity index (χ4n) is 3.54. The third kappa shape index (κ3) is 3.42. The Morgan fingerprint density at radius 3 is 2.17 bits per heavy atom. The van der Waals surface area contributed by atoms with Crippen molar-refractivity contribution in [3.8, 4) is 0 Å². The van der Waals surface area contributed by atoms with Crippen molar-refractivity contribution < 1.29 is 13.2 Å². The first-order chi connectivity index (χ1) is 11.4. The minimum atomic E-state index is -4.27. The largest absolute Gasteiger partial charge is 0.416 e. The smallest absolute Gasteiger partial charge is 0.368 e. The van der Waals surface area contributed by atoms with Gasteiger partial charge in [0.2, 0.25) is 0 Å². The number of nitrogens with zero attached hydrogens (tertiary/aromatic N) is 1. The molecule has 0 radical (unpaired) electrons. The van der Waals surface area contributed by atoms with Crippen molar-refractivity contribution in [1.29, 1.82) is 0 Å². The van der Waals surface area contributed by atoms with Crippen molar-refractivity contribution in [3.63, 3.8) is 0 Å². The Morgan fingerprint density at radius 1 is 1.00 bits per heavy atom. The quantitative estimate of drug-likeness (QED) is 0.687. The summed E-state index contributed by atoms with van der Waals surface area (Å²) in [5, 5.41) is 0. The van der Waals surface area contributed by atoms with Gasteiger partial charge < -0.3 is 4.90 Å². The van der Waals surface area contributed by atoms with Crippen molar-refractivity contribution >= 4 is 5.69 Å². The molecule has 0 amide bonds. The third-order valence-electron chi connectivity index (χ3n) is 4.96. The highest BCUT2D eigenvalue weighted by Crippen LogP contribution is 2.37. The molecule has 128 valence electrons. The van der Waals surface area contributed by atoms with Crippen LogP contribution in [0.3, 0.4) is 0 Å². The van der Waals surface area contributed by atoms with E-state index >= 15 is 0 Å². The summed E-state index contributed by atoms with van der Waals surface area (Å²) >= 11 is 0. The van der Waals surface area contributed by atoms with Gasteiger partial charge in [-0.2, -0.15) is 13.2 Å². The van der Waals surface area contributed by atoms with Gasteiger partial charge in [0.15, 0.2) is 0 Å². The molecule has 2 aromatic rings. The molecule has 2 atom stereocenters. The summed E-state index contributed by atoms with van der Waals surface area (Å²) in [5.74, 6) is 0.276. The van der Waals surface area contributed by atoms with E-state index in [0.29, 0.717) is 6.04 Å². The second-order valence-corrected chi connectivity index (χ2v) is 6.60. The van der Waals surface area contributed by atoms with Crippen LogP contribution < -0.4 is 4.90 Å². The van der Waals surface area contributed by atoms with Crippen molar-refractivity contribution in [2.45, 2.75) is 44.8 Å². The van der Waals surface area contributed by atoms with Gasteiger partial charge in [-0.25, -0.2) is 0 Å². The van der Waals surface area contributed by atoms with Crippen LogP contribution in [0.4, 0.5) is 18.9 Å². The molecule has 0 spiro atoms. The Bertz CT molecular complexity index is 674. The molecule has 3 rings (SSSR count). The molecule has 0 N–H and O–H groups in total. The Hall–Kier alpha value is -1.97. The maximum Gasteiger partial charge on any atom is 0.416 e. The first-order valence-electron chi connectivity index (χ1n) is 8.39. The fourth-order valence-corrected chi connectivity index (χ4v) is 3.54. The first-order valence-corrected chi connectivity index (χ1v) is 8.39. The monoisotopic (exact) mass is 333 g/mol. The van der Waals surface area contributed by atoms with Gasteiger partial charge in [-0.3, -0.25) is 0 Å². The molecule has 1 nitrogen and oxygen atoms in total. The zero-order valence-corrected chi connectivity index (χ0v) is 14.0. The van der Waals surface area contributed by atoms with Crippen LogP contribution in [0.25, 0.3) is 0 Å². The van der Waals surface area contributed by atoms with Crippen LogP contribution in [0, 0.1) is 6.92 Å².